The Hall–Kier alpha value is -3.13. The summed E-state index contributed by atoms with van der Waals surface area (Å²) in [6.45, 7) is 6.39. The third kappa shape index (κ3) is 2.95. The highest BCUT2D eigenvalue weighted by atomic mass is 16.5. The van der Waals surface area contributed by atoms with E-state index in [1.54, 1.807) is 0 Å². The number of fused-ring (bicyclic) bond motifs is 2. The van der Waals surface area contributed by atoms with Crippen LogP contribution < -0.4 is 0 Å². The molecule has 2 heteroatoms. The van der Waals surface area contributed by atoms with Crippen LogP contribution in [0.25, 0.3) is 21.5 Å². The Balaban J connectivity index is 2.01. The van der Waals surface area contributed by atoms with Crippen molar-refractivity contribution in [2.75, 3.05) is 7.11 Å². The van der Waals surface area contributed by atoms with Gasteiger partial charge >= 0.3 is 5.97 Å². The van der Waals surface area contributed by atoms with E-state index in [-0.39, 0.29) is 5.97 Å². The number of benzene rings is 4. The van der Waals surface area contributed by atoms with E-state index in [0.29, 0.717) is 5.56 Å². The standard InChI is InChI=1S/C26H24O2/c1-16-13-19-9-5-7-11-21(19)23(17(16)2)15-24-18(3)25(26(27)28-4)14-20-10-6-8-12-22(20)24/h5-14H,15H2,1-4H3. The number of carbonyl (C=O) groups excluding carboxylic acids is 1. The molecule has 0 saturated carbocycles. The molecule has 0 heterocycles. The molecule has 0 spiro atoms. The van der Waals surface area contributed by atoms with Crippen LogP contribution >= 0.6 is 0 Å². The summed E-state index contributed by atoms with van der Waals surface area (Å²) in [7, 11) is 1.44. The molecule has 0 saturated heterocycles. The maximum absolute atomic E-state index is 12.4. The quantitative estimate of drug-likeness (QED) is 0.397. The summed E-state index contributed by atoms with van der Waals surface area (Å²) >= 11 is 0. The number of carbonyl (C=O) groups is 1. The third-order valence-corrected chi connectivity index (χ3v) is 5.90. The van der Waals surface area contributed by atoms with Crippen molar-refractivity contribution in [3.8, 4) is 0 Å². The molecule has 0 fully saturated rings. The minimum absolute atomic E-state index is 0.282. The second-order valence-corrected chi connectivity index (χ2v) is 7.44. The van der Waals surface area contributed by atoms with E-state index >= 15 is 0 Å². The minimum Gasteiger partial charge on any atom is -0.465 e. The SMILES string of the molecule is COC(=O)c1cc2ccccc2c(Cc2c(C)c(C)cc3ccccc23)c1C. The zero-order valence-electron chi connectivity index (χ0n) is 16.8. The van der Waals surface area contributed by atoms with E-state index in [1.165, 1.54) is 45.5 Å². The van der Waals surface area contributed by atoms with E-state index in [1.807, 2.05) is 19.1 Å². The van der Waals surface area contributed by atoms with Crippen molar-refractivity contribution in [3.63, 3.8) is 0 Å². The third-order valence-electron chi connectivity index (χ3n) is 5.90. The van der Waals surface area contributed by atoms with Gasteiger partial charge in [0.05, 0.1) is 12.7 Å². The van der Waals surface area contributed by atoms with Crippen LogP contribution in [0.15, 0.2) is 60.7 Å². The van der Waals surface area contributed by atoms with Gasteiger partial charge in [-0.05, 0) is 82.6 Å². The first-order valence-corrected chi connectivity index (χ1v) is 9.58. The number of hydrogen-bond acceptors (Lipinski definition) is 2. The Morgan fingerprint density at radius 3 is 1.93 bits per heavy atom. The number of hydrogen-bond donors (Lipinski definition) is 0. The van der Waals surface area contributed by atoms with Crippen LogP contribution in [0.1, 0.15) is 38.2 Å². The zero-order chi connectivity index (χ0) is 19.8. The number of rotatable bonds is 3. The van der Waals surface area contributed by atoms with Crippen molar-refractivity contribution in [3.05, 3.63) is 94.0 Å². The van der Waals surface area contributed by atoms with Crippen LogP contribution in [0, 0.1) is 20.8 Å². The molecule has 0 aliphatic rings. The molecule has 0 bridgehead atoms. The largest absolute Gasteiger partial charge is 0.465 e. The van der Waals surface area contributed by atoms with Gasteiger partial charge < -0.3 is 4.74 Å². The van der Waals surface area contributed by atoms with E-state index in [2.05, 4.69) is 62.4 Å². The lowest BCUT2D eigenvalue weighted by Gasteiger charge is -2.18. The lowest BCUT2D eigenvalue weighted by Crippen LogP contribution is -2.08. The van der Waals surface area contributed by atoms with Crippen LogP contribution in [0.2, 0.25) is 0 Å². The fourth-order valence-electron chi connectivity index (χ4n) is 4.16. The van der Waals surface area contributed by atoms with Crippen LogP contribution in [0.3, 0.4) is 0 Å². The van der Waals surface area contributed by atoms with Crippen molar-refractivity contribution in [1.29, 1.82) is 0 Å². The minimum atomic E-state index is -0.282. The molecule has 0 aliphatic heterocycles. The maximum Gasteiger partial charge on any atom is 0.338 e. The molecule has 0 aliphatic carbocycles. The van der Waals surface area contributed by atoms with Crippen molar-refractivity contribution in [1.82, 2.24) is 0 Å². The van der Waals surface area contributed by atoms with Gasteiger partial charge in [0, 0.05) is 0 Å². The molecule has 0 amide bonds. The Bertz CT molecular complexity index is 1220. The molecular formula is C26H24O2. The van der Waals surface area contributed by atoms with Gasteiger partial charge in [0.2, 0.25) is 0 Å². The molecule has 4 rings (SSSR count). The molecule has 0 N–H and O–H groups in total. The summed E-state index contributed by atoms with van der Waals surface area (Å²) < 4.78 is 5.05. The van der Waals surface area contributed by atoms with Gasteiger partial charge in [-0.1, -0.05) is 54.6 Å². The van der Waals surface area contributed by atoms with Gasteiger partial charge in [0.1, 0.15) is 0 Å². The molecule has 0 radical (unpaired) electrons. The normalized spacial score (nSPS) is 11.1. The van der Waals surface area contributed by atoms with Crippen LogP contribution in [-0.4, -0.2) is 13.1 Å². The lowest BCUT2D eigenvalue weighted by atomic mass is 9.86. The van der Waals surface area contributed by atoms with Crippen molar-refractivity contribution < 1.29 is 9.53 Å². The fraction of sp³-hybridized carbons (Fsp3) is 0.192. The Morgan fingerprint density at radius 2 is 1.32 bits per heavy atom. The monoisotopic (exact) mass is 368 g/mol. The predicted molar refractivity (Wildman–Crippen MR) is 116 cm³/mol. The number of methoxy groups -OCH3 is 1. The summed E-state index contributed by atoms with van der Waals surface area (Å²) in [5.74, 6) is -0.282. The topological polar surface area (TPSA) is 26.3 Å². The summed E-state index contributed by atoms with van der Waals surface area (Å²) in [6, 6.07) is 21.0. The van der Waals surface area contributed by atoms with E-state index in [9.17, 15) is 4.79 Å². The lowest BCUT2D eigenvalue weighted by molar-refractivity contribution is 0.0600. The van der Waals surface area contributed by atoms with E-state index in [0.717, 1.165) is 17.4 Å². The zero-order valence-corrected chi connectivity index (χ0v) is 16.8. The second-order valence-electron chi connectivity index (χ2n) is 7.44. The number of aryl methyl sites for hydroxylation is 1. The molecule has 0 aromatic heterocycles. The molecule has 140 valence electrons. The molecule has 0 atom stereocenters. The first-order valence-electron chi connectivity index (χ1n) is 9.58. The second kappa shape index (κ2) is 7.12. The Kier molecular flexibility index (Phi) is 4.64. The molecular weight excluding hydrogens is 344 g/mol. The average Bonchev–Trinajstić information content (AvgIpc) is 2.72. The van der Waals surface area contributed by atoms with Crippen molar-refractivity contribution >= 4 is 27.5 Å². The highest BCUT2D eigenvalue weighted by molar-refractivity contribution is 5.99. The molecule has 2 nitrogen and oxygen atoms in total. The van der Waals surface area contributed by atoms with Crippen LogP contribution in [-0.2, 0) is 11.2 Å². The molecule has 0 unspecified atom stereocenters. The van der Waals surface area contributed by atoms with Crippen LogP contribution in [0.4, 0.5) is 0 Å². The van der Waals surface area contributed by atoms with Crippen molar-refractivity contribution in [2.45, 2.75) is 27.2 Å². The highest BCUT2D eigenvalue weighted by Gasteiger charge is 2.18. The number of esters is 1. The summed E-state index contributed by atoms with van der Waals surface area (Å²) in [4.78, 5) is 12.4. The fourth-order valence-corrected chi connectivity index (χ4v) is 4.16. The Morgan fingerprint density at radius 1 is 0.786 bits per heavy atom. The van der Waals surface area contributed by atoms with Gasteiger partial charge in [-0.25, -0.2) is 4.79 Å². The first-order chi connectivity index (χ1) is 13.5. The average molecular weight is 368 g/mol. The summed E-state index contributed by atoms with van der Waals surface area (Å²) in [5, 5.41) is 4.79. The van der Waals surface area contributed by atoms with Crippen LogP contribution in [0.5, 0.6) is 0 Å². The maximum atomic E-state index is 12.4. The summed E-state index contributed by atoms with van der Waals surface area (Å²) in [5.41, 5.74) is 6.76. The van der Waals surface area contributed by atoms with E-state index in [4.69, 9.17) is 4.74 Å². The van der Waals surface area contributed by atoms with Gasteiger partial charge in [-0.2, -0.15) is 0 Å². The molecule has 4 aromatic rings. The van der Waals surface area contributed by atoms with E-state index < -0.39 is 0 Å². The highest BCUT2D eigenvalue weighted by Crippen LogP contribution is 2.33. The number of ether oxygens (including phenoxy) is 1. The molecule has 28 heavy (non-hydrogen) atoms. The van der Waals surface area contributed by atoms with Gasteiger partial charge in [-0.3, -0.25) is 0 Å². The Labute approximate surface area is 165 Å². The molecule has 4 aromatic carbocycles. The predicted octanol–water partition coefficient (Wildman–Crippen LogP) is 6.30. The van der Waals surface area contributed by atoms with Crippen molar-refractivity contribution in [2.24, 2.45) is 0 Å². The summed E-state index contributed by atoms with van der Waals surface area (Å²) in [6.07, 6.45) is 0.783. The van der Waals surface area contributed by atoms with Gasteiger partial charge in [0.25, 0.3) is 0 Å². The van der Waals surface area contributed by atoms with Gasteiger partial charge in [0.15, 0.2) is 0 Å². The van der Waals surface area contributed by atoms with Gasteiger partial charge in [-0.15, -0.1) is 0 Å². The smallest absolute Gasteiger partial charge is 0.338 e. The first kappa shape index (κ1) is 18.2.